The lowest BCUT2D eigenvalue weighted by atomic mass is 10.0. The Morgan fingerprint density at radius 2 is 1.74 bits per heavy atom. The summed E-state index contributed by atoms with van der Waals surface area (Å²) in [6.07, 6.45) is 1.43. The zero-order valence-corrected chi connectivity index (χ0v) is 21.8. The summed E-state index contributed by atoms with van der Waals surface area (Å²) in [6, 6.07) is 21.4. The first-order chi connectivity index (χ1) is 18.4. The molecule has 0 atom stereocenters. The standard InChI is InChI=1S/C30H28ClN3O4/c1-2-6-28(35)34-15-13-33(14-16-34)26-12-11-23(19-25(26)31)32-29(36)22-9-5-8-20(17-22)24-18-21-7-3-4-10-27(21)38-30(24)37/h3-5,7-12,17-19H,2,6,13-16H2,1H3,(H,32,36). The van der Waals surface area contributed by atoms with Gasteiger partial charge in [-0.15, -0.1) is 0 Å². The summed E-state index contributed by atoms with van der Waals surface area (Å²) < 4.78 is 5.45. The molecule has 3 aromatic carbocycles. The monoisotopic (exact) mass is 529 g/mol. The number of carbonyl (C=O) groups excluding carboxylic acids is 2. The van der Waals surface area contributed by atoms with Gasteiger partial charge in [0.25, 0.3) is 5.91 Å². The molecule has 8 heteroatoms. The van der Waals surface area contributed by atoms with E-state index in [9.17, 15) is 14.4 Å². The Bertz CT molecular complexity index is 1560. The van der Waals surface area contributed by atoms with Crippen LogP contribution in [0.4, 0.5) is 11.4 Å². The number of fused-ring (bicyclic) bond motifs is 1. The lowest BCUT2D eigenvalue weighted by Crippen LogP contribution is -2.48. The highest BCUT2D eigenvalue weighted by atomic mass is 35.5. The minimum absolute atomic E-state index is 0.196. The Kier molecular flexibility index (Phi) is 7.47. The molecule has 4 aromatic rings. The van der Waals surface area contributed by atoms with Crippen LogP contribution in [0.3, 0.4) is 0 Å². The number of halogens is 1. The molecule has 0 radical (unpaired) electrons. The second-order valence-corrected chi connectivity index (χ2v) is 9.71. The number of nitrogens with one attached hydrogen (secondary N) is 1. The highest BCUT2D eigenvalue weighted by Crippen LogP contribution is 2.30. The van der Waals surface area contributed by atoms with Crippen molar-refractivity contribution in [1.29, 1.82) is 0 Å². The third-order valence-electron chi connectivity index (χ3n) is 6.72. The number of amides is 2. The van der Waals surface area contributed by atoms with Gasteiger partial charge in [0, 0.05) is 49.2 Å². The second kappa shape index (κ2) is 11.1. The molecule has 1 fully saturated rings. The maximum absolute atomic E-state index is 13.0. The molecule has 2 heterocycles. The number of nitrogens with zero attached hydrogens (tertiary/aromatic N) is 2. The first-order valence-corrected chi connectivity index (χ1v) is 13.1. The van der Waals surface area contributed by atoms with Gasteiger partial charge in [0.15, 0.2) is 0 Å². The number of benzene rings is 3. The van der Waals surface area contributed by atoms with Crippen LogP contribution in [-0.2, 0) is 4.79 Å². The van der Waals surface area contributed by atoms with Gasteiger partial charge in [-0.25, -0.2) is 4.79 Å². The van der Waals surface area contributed by atoms with E-state index in [4.69, 9.17) is 16.0 Å². The van der Waals surface area contributed by atoms with Crippen LogP contribution < -0.4 is 15.8 Å². The largest absolute Gasteiger partial charge is 0.422 e. The van der Waals surface area contributed by atoms with Crippen molar-refractivity contribution in [2.45, 2.75) is 19.8 Å². The van der Waals surface area contributed by atoms with Gasteiger partial charge < -0.3 is 19.5 Å². The Morgan fingerprint density at radius 3 is 2.50 bits per heavy atom. The van der Waals surface area contributed by atoms with E-state index in [0.717, 1.165) is 17.5 Å². The van der Waals surface area contributed by atoms with Gasteiger partial charge in [0.1, 0.15) is 5.58 Å². The van der Waals surface area contributed by atoms with Crippen molar-refractivity contribution in [2.75, 3.05) is 36.4 Å². The Hall–Kier alpha value is -4.10. The van der Waals surface area contributed by atoms with Crippen LogP contribution in [0.1, 0.15) is 30.1 Å². The van der Waals surface area contributed by atoms with E-state index < -0.39 is 5.63 Å². The van der Waals surface area contributed by atoms with E-state index in [1.54, 1.807) is 42.5 Å². The fraction of sp³-hybridized carbons (Fsp3) is 0.233. The van der Waals surface area contributed by atoms with Crippen LogP contribution in [-0.4, -0.2) is 42.9 Å². The highest BCUT2D eigenvalue weighted by Gasteiger charge is 2.22. The van der Waals surface area contributed by atoms with E-state index in [2.05, 4.69) is 10.2 Å². The summed E-state index contributed by atoms with van der Waals surface area (Å²) in [5, 5.41) is 4.22. The van der Waals surface area contributed by atoms with Gasteiger partial charge in [-0.05, 0) is 54.4 Å². The van der Waals surface area contributed by atoms with Crippen molar-refractivity contribution < 1.29 is 14.0 Å². The van der Waals surface area contributed by atoms with Crippen molar-refractivity contribution in [3.8, 4) is 11.1 Å². The highest BCUT2D eigenvalue weighted by molar-refractivity contribution is 6.33. The van der Waals surface area contributed by atoms with Gasteiger partial charge in [0.2, 0.25) is 5.91 Å². The molecule has 1 N–H and O–H groups in total. The molecule has 5 rings (SSSR count). The predicted octanol–water partition coefficient (Wildman–Crippen LogP) is 5.81. The number of anilines is 2. The smallest absolute Gasteiger partial charge is 0.344 e. The third-order valence-corrected chi connectivity index (χ3v) is 7.02. The average Bonchev–Trinajstić information content (AvgIpc) is 2.93. The average molecular weight is 530 g/mol. The van der Waals surface area contributed by atoms with Gasteiger partial charge in [-0.2, -0.15) is 0 Å². The number of hydrogen-bond acceptors (Lipinski definition) is 5. The minimum Gasteiger partial charge on any atom is -0.422 e. The maximum atomic E-state index is 13.0. The van der Waals surface area contributed by atoms with E-state index in [1.807, 2.05) is 42.2 Å². The van der Waals surface area contributed by atoms with Crippen molar-refractivity contribution in [3.63, 3.8) is 0 Å². The van der Waals surface area contributed by atoms with Crippen LogP contribution >= 0.6 is 11.6 Å². The van der Waals surface area contributed by atoms with Crippen LogP contribution in [0.15, 0.2) is 82.0 Å². The molecule has 0 spiro atoms. The van der Waals surface area contributed by atoms with Crippen LogP contribution in [0.25, 0.3) is 22.1 Å². The fourth-order valence-corrected chi connectivity index (χ4v) is 5.00. The molecular weight excluding hydrogens is 502 g/mol. The SMILES string of the molecule is CCCC(=O)N1CCN(c2ccc(NC(=O)c3cccc(-c4cc5ccccc5oc4=O)c3)cc2Cl)CC1. The molecule has 1 aliphatic heterocycles. The lowest BCUT2D eigenvalue weighted by molar-refractivity contribution is -0.131. The summed E-state index contributed by atoms with van der Waals surface area (Å²) in [6.45, 7) is 4.75. The molecular formula is C30H28ClN3O4. The van der Waals surface area contributed by atoms with Gasteiger partial charge in [-0.1, -0.05) is 48.9 Å². The quantitative estimate of drug-likeness (QED) is 0.318. The first kappa shape index (κ1) is 25.5. The Morgan fingerprint density at radius 1 is 0.947 bits per heavy atom. The van der Waals surface area contributed by atoms with Gasteiger partial charge in [0.05, 0.1) is 16.3 Å². The number of para-hydroxylation sites is 1. The van der Waals surface area contributed by atoms with Crippen molar-refractivity contribution in [1.82, 2.24) is 4.90 Å². The maximum Gasteiger partial charge on any atom is 0.344 e. The topological polar surface area (TPSA) is 82.9 Å². The minimum atomic E-state index is -0.459. The number of carbonyl (C=O) groups is 2. The number of rotatable bonds is 6. The van der Waals surface area contributed by atoms with Crippen LogP contribution in [0.5, 0.6) is 0 Å². The summed E-state index contributed by atoms with van der Waals surface area (Å²) in [5.41, 5.74) is 2.89. The molecule has 1 aromatic heterocycles. The Labute approximate surface area is 225 Å². The summed E-state index contributed by atoms with van der Waals surface area (Å²) in [4.78, 5) is 41.8. The molecule has 2 amide bonds. The van der Waals surface area contributed by atoms with Crippen molar-refractivity contribution in [3.05, 3.63) is 93.8 Å². The van der Waals surface area contributed by atoms with E-state index >= 15 is 0 Å². The molecule has 0 unspecified atom stereocenters. The van der Waals surface area contributed by atoms with Crippen LogP contribution in [0.2, 0.25) is 5.02 Å². The van der Waals surface area contributed by atoms with E-state index in [-0.39, 0.29) is 11.8 Å². The molecule has 38 heavy (non-hydrogen) atoms. The zero-order chi connectivity index (χ0) is 26.6. The fourth-order valence-electron chi connectivity index (χ4n) is 4.70. The van der Waals surface area contributed by atoms with Gasteiger partial charge in [-0.3, -0.25) is 9.59 Å². The normalized spacial score (nSPS) is 13.5. The summed E-state index contributed by atoms with van der Waals surface area (Å²) in [7, 11) is 0. The molecule has 194 valence electrons. The lowest BCUT2D eigenvalue weighted by Gasteiger charge is -2.36. The molecule has 0 aliphatic carbocycles. The van der Waals surface area contributed by atoms with Crippen LogP contribution in [0, 0.1) is 0 Å². The summed E-state index contributed by atoms with van der Waals surface area (Å²) in [5.74, 6) is -0.120. The number of piperazine rings is 1. The van der Waals surface area contributed by atoms with E-state index in [0.29, 0.717) is 65.6 Å². The Balaban J connectivity index is 1.29. The molecule has 1 aliphatic rings. The zero-order valence-electron chi connectivity index (χ0n) is 21.1. The predicted molar refractivity (Wildman–Crippen MR) is 151 cm³/mol. The van der Waals surface area contributed by atoms with E-state index in [1.165, 1.54) is 0 Å². The van der Waals surface area contributed by atoms with Crippen molar-refractivity contribution >= 4 is 45.8 Å². The molecule has 0 bridgehead atoms. The third kappa shape index (κ3) is 5.43. The number of hydrogen-bond donors (Lipinski definition) is 1. The van der Waals surface area contributed by atoms with Crippen molar-refractivity contribution in [2.24, 2.45) is 0 Å². The van der Waals surface area contributed by atoms with Gasteiger partial charge >= 0.3 is 5.63 Å². The first-order valence-electron chi connectivity index (χ1n) is 12.7. The summed E-state index contributed by atoms with van der Waals surface area (Å²) >= 11 is 6.59. The molecule has 7 nitrogen and oxygen atoms in total. The second-order valence-electron chi connectivity index (χ2n) is 9.30. The molecule has 1 saturated heterocycles. The molecule has 0 saturated carbocycles.